The lowest BCUT2D eigenvalue weighted by molar-refractivity contribution is -0.0341. The van der Waals surface area contributed by atoms with Gasteiger partial charge in [-0.3, -0.25) is 4.68 Å². The van der Waals surface area contributed by atoms with Crippen LogP contribution in [0.5, 0.6) is 5.75 Å². The van der Waals surface area contributed by atoms with Gasteiger partial charge in [0, 0.05) is 19.6 Å². The molecule has 102 valence electrons. The van der Waals surface area contributed by atoms with E-state index in [0.717, 1.165) is 37.7 Å². The van der Waals surface area contributed by atoms with Crippen molar-refractivity contribution in [2.24, 2.45) is 5.73 Å². The van der Waals surface area contributed by atoms with E-state index in [-0.39, 0.29) is 12.1 Å². The summed E-state index contributed by atoms with van der Waals surface area (Å²) in [7, 11) is 3.72. The Balaban J connectivity index is 2.21. The molecule has 0 bridgehead atoms. The second-order valence-electron chi connectivity index (χ2n) is 4.61. The lowest BCUT2D eigenvalue weighted by Crippen LogP contribution is -2.45. The molecule has 0 saturated carbocycles. The standard InChI is InChI=1S/C12H22N4O2/c1-4-16-12(9(17-3)7-14-16)11(13)10-8-15(2)5-6-18-10/h7,10-11H,4-6,8,13H2,1-3H3. The van der Waals surface area contributed by atoms with Crippen LogP contribution in [0, 0.1) is 0 Å². The van der Waals surface area contributed by atoms with E-state index < -0.39 is 0 Å². The Bertz CT molecular complexity index is 372. The molecular formula is C12H22N4O2. The average Bonchev–Trinajstić information content (AvgIpc) is 2.80. The minimum absolute atomic E-state index is 0.0142. The van der Waals surface area contributed by atoms with Gasteiger partial charge in [0.1, 0.15) is 0 Å². The van der Waals surface area contributed by atoms with Gasteiger partial charge in [0.25, 0.3) is 0 Å². The van der Waals surface area contributed by atoms with Gasteiger partial charge in [-0.1, -0.05) is 0 Å². The first-order valence-corrected chi connectivity index (χ1v) is 6.32. The summed E-state index contributed by atoms with van der Waals surface area (Å²) in [4.78, 5) is 2.23. The fourth-order valence-corrected chi connectivity index (χ4v) is 2.33. The van der Waals surface area contributed by atoms with E-state index in [1.807, 2.05) is 11.6 Å². The van der Waals surface area contributed by atoms with Crippen molar-refractivity contribution >= 4 is 0 Å². The van der Waals surface area contributed by atoms with Crippen LogP contribution in [0.4, 0.5) is 0 Å². The molecule has 1 aliphatic rings. The summed E-state index contributed by atoms with van der Waals surface area (Å²) in [6.07, 6.45) is 1.70. The summed E-state index contributed by atoms with van der Waals surface area (Å²) >= 11 is 0. The summed E-state index contributed by atoms with van der Waals surface area (Å²) in [6.45, 7) is 5.31. The summed E-state index contributed by atoms with van der Waals surface area (Å²) in [5.74, 6) is 0.737. The van der Waals surface area contributed by atoms with Crippen LogP contribution >= 0.6 is 0 Å². The normalized spacial score (nSPS) is 23.0. The predicted molar refractivity (Wildman–Crippen MR) is 68.6 cm³/mol. The molecule has 1 aliphatic heterocycles. The SMILES string of the molecule is CCn1ncc(OC)c1C(N)C1CN(C)CCO1. The van der Waals surface area contributed by atoms with Crippen LogP contribution in [0.2, 0.25) is 0 Å². The molecule has 2 heterocycles. The zero-order valence-electron chi connectivity index (χ0n) is 11.3. The van der Waals surface area contributed by atoms with Crippen LogP contribution in [0.25, 0.3) is 0 Å². The zero-order valence-corrected chi connectivity index (χ0v) is 11.3. The highest BCUT2D eigenvalue weighted by Gasteiger charge is 2.29. The number of hydrogen-bond acceptors (Lipinski definition) is 5. The Labute approximate surface area is 108 Å². The van der Waals surface area contributed by atoms with Gasteiger partial charge in [-0.05, 0) is 14.0 Å². The van der Waals surface area contributed by atoms with Gasteiger partial charge in [-0.2, -0.15) is 5.10 Å². The molecule has 18 heavy (non-hydrogen) atoms. The fourth-order valence-electron chi connectivity index (χ4n) is 2.33. The third-order valence-electron chi connectivity index (χ3n) is 3.38. The number of hydrogen-bond donors (Lipinski definition) is 1. The summed E-state index contributed by atoms with van der Waals surface area (Å²) < 4.78 is 13.0. The Morgan fingerprint density at radius 3 is 3.06 bits per heavy atom. The molecular weight excluding hydrogens is 232 g/mol. The monoisotopic (exact) mass is 254 g/mol. The van der Waals surface area contributed by atoms with Crippen molar-refractivity contribution in [2.75, 3.05) is 33.9 Å². The third kappa shape index (κ3) is 2.50. The molecule has 0 aromatic carbocycles. The third-order valence-corrected chi connectivity index (χ3v) is 3.38. The molecule has 2 N–H and O–H groups in total. The topological polar surface area (TPSA) is 65.5 Å². The predicted octanol–water partition coefficient (Wildman–Crippen LogP) is 0.242. The highest BCUT2D eigenvalue weighted by atomic mass is 16.5. The van der Waals surface area contributed by atoms with Gasteiger partial charge in [-0.25, -0.2) is 0 Å². The van der Waals surface area contributed by atoms with Crippen molar-refractivity contribution in [3.8, 4) is 5.75 Å². The number of morpholine rings is 1. The van der Waals surface area contributed by atoms with E-state index in [1.165, 1.54) is 0 Å². The molecule has 1 fully saturated rings. The van der Waals surface area contributed by atoms with Crippen molar-refractivity contribution in [3.63, 3.8) is 0 Å². The molecule has 2 atom stereocenters. The Kier molecular flexibility index (Phi) is 4.21. The van der Waals surface area contributed by atoms with E-state index in [1.54, 1.807) is 13.3 Å². The quantitative estimate of drug-likeness (QED) is 0.834. The maximum absolute atomic E-state index is 6.34. The largest absolute Gasteiger partial charge is 0.493 e. The van der Waals surface area contributed by atoms with Crippen LogP contribution in [0.3, 0.4) is 0 Å². The molecule has 2 unspecified atom stereocenters. The number of aryl methyl sites for hydroxylation is 1. The first kappa shape index (κ1) is 13.3. The number of likely N-dealkylation sites (N-methyl/N-ethyl adjacent to an activating group) is 1. The Hall–Kier alpha value is -1.11. The molecule has 0 aliphatic carbocycles. The lowest BCUT2D eigenvalue weighted by atomic mass is 10.1. The van der Waals surface area contributed by atoms with Crippen molar-refractivity contribution < 1.29 is 9.47 Å². The molecule has 2 rings (SSSR count). The highest BCUT2D eigenvalue weighted by molar-refractivity contribution is 5.29. The maximum atomic E-state index is 6.34. The second-order valence-corrected chi connectivity index (χ2v) is 4.61. The van der Waals surface area contributed by atoms with Crippen LogP contribution in [0.15, 0.2) is 6.20 Å². The molecule has 0 spiro atoms. The van der Waals surface area contributed by atoms with Crippen LogP contribution in [0.1, 0.15) is 18.7 Å². The van der Waals surface area contributed by atoms with E-state index in [9.17, 15) is 0 Å². The van der Waals surface area contributed by atoms with Crippen molar-refractivity contribution in [1.82, 2.24) is 14.7 Å². The summed E-state index contributed by atoms with van der Waals surface area (Å²) in [5, 5.41) is 4.28. The molecule has 0 radical (unpaired) electrons. The van der Waals surface area contributed by atoms with Gasteiger partial charge in [-0.15, -0.1) is 0 Å². The van der Waals surface area contributed by atoms with E-state index in [0.29, 0.717) is 0 Å². The molecule has 1 saturated heterocycles. The maximum Gasteiger partial charge on any atom is 0.161 e. The smallest absolute Gasteiger partial charge is 0.161 e. The number of aromatic nitrogens is 2. The first-order chi connectivity index (χ1) is 8.67. The van der Waals surface area contributed by atoms with Gasteiger partial charge >= 0.3 is 0 Å². The molecule has 0 amide bonds. The number of nitrogens with zero attached hydrogens (tertiary/aromatic N) is 3. The van der Waals surface area contributed by atoms with Crippen molar-refractivity contribution in [2.45, 2.75) is 25.6 Å². The molecule has 1 aromatic heterocycles. The van der Waals surface area contributed by atoms with E-state index in [4.69, 9.17) is 15.2 Å². The molecule has 1 aromatic rings. The average molecular weight is 254 g/mol. The molecule has 6 heteroatoms. The van der Waals surface area contributed by atoms with Crippen LogP contribution in [-0.2, 0) is 11.3 Å². The Morgan fingerprint density at radius 1 is 1.67 bits per heavy atom. The first-order valence-electron chi connectivity index (χ1n) is 6.32. The van der Waals surface area contributed by atoms with Crippen molar-refractivity contribution in [1.29, 1.82) is 0 Å². The number of methoxy groups -OCH3 is 1. The highest BCUT2D eigenvalue weighted by Crippen LogP contribution is 2.27. The summed E-state index contributed by atoms with van der Waals surface area (Å²) in [6, 6.07) is -0.217. The summed E-state index contributed by atoms with van der Waals surface area (Å²) in [5.41, 5.74) is 7.25. The van der Waals surface area contributed by atoms with Crippen LogP contribution < -0.4 is 10.5 Å². The molecule has 6 nitrogen and oxygen atoms in total. The van der Waals surface area contributed by atoms with Gasteiger partial charge in [0.05, 0.1) is 37.8 Å². The van der Waals surface area contributed by atoms with Gasteiger partial charge < -0.3 is 20.1 Å². The number of nitrogens with two attached hydrogens (primary N) is 1. The second kappa shape index (κ2) is 5.69. The van der Waals surface area contributed by atoms with E-state index >= 15 is 0 Å². The lowest BCUT2D eigenvalue weighted by Gasteiger charge is -2.33. The van der Waals surface area contributed by atoms with Gasteiger partial charge in [0.15, 0.2) is 5.75 Å². The number of rotatable bonds is 4. The number of ether oxygens (including phenoxy) is 2. The van der Waals surface area contributed by atoms with E-state index in [2.05, 4.69) is 17.0 Å². The van der Waals surface area contributed by atoms with Crippen LogP contribution in [-0.4, -0.2) is 54.6 Å². The Morgan fingerprint density at radius 2 is 2.44 bits per heavy atom. The zero-order chi connectivity index (χ0) is 13.1. The van der Waals surface area contributed by atoms with Crippen molar-refractivity contribution in [3.05, 3.63) is 11.9 Å². The fraction of sp³-hybridized carbons (Fsp3) is 0.750. The van der Waals surface area contributed by atoms with Gasteiger partial charge in [0.2, 0.25) is 0 Å². The minimum Gasteiger partial charge on any atom is -0.493 e. The minimum atomic E-state index is -0.217.